The molecule has 3 N–H and O–H groups in total. The summed E-state index contributed by atoms with van der Waals surface area (Å²) >= 11 is 0. The van der Waals surface area contributed by atoms with Crippen molar-refractivity contribution >= 4 is 5.97 Å². The minimum absolute atomic E-state index is 0.0805. The highest BCUT2D eigenvalue weighted by atomic mass is 16.4. The van der Waals surface area contributed by atoms with Crippen molar-refractivity contribution in [2.45, 2.75) is 148 Å². The van der Waals surface area contributed by atoms with Gasteiger partial charge in [0.2, 0.25) is 0 Å². The lowest BCUT2D eigenvalue weighted by molar-refractivity contribution is -0.142. The average molecular weight is 541 g/mol. The van der Waals surface area contributed by atoms with Gasteiger partial charge in [-0.1, -0.05) is 90.5 Å². The van der Waals surface area contributed by atoms with Gasteiger partial charge in [0.05, 0.1) is 12.0 Å². The van der Waals surface area contributed by atoms with E-state index < -0.39 is 5.97 Å². The van der Waals surface area contributed by atoms with Crippen LogP contribution in [0.1, 0.15) is 146 Å². The molecule has 1 aromatic carbocycles. The zero-order chi connectivity index (χ0) is 27.8. The Morgan fingerprint density at radius 1 is 0.949 bits per heavy atom. The first-order valence-corrected chi connectivity index (χ1v) is 16.6. The number of rotatable bonds is 16. The van der Waals surface area contributed by atoms with Crippen molar-refractivity contribution in [2.24, 2.45) is 29.1 Å². The van der Waals surface area contributed by atoms with Crippen LogP contribution in [0.2, 0.25) is 0 Å². The van der Waals surface area contributed by atoms with Crippen LogP contribution in [0.5, 0.6) is 5.75 Å². The Bertz CT molecular complexity index is 912. The van der Waals surface area contributed by atoms with Gasteiger partial charge < -0.3 is 15.3 Å². The van der Waals surface area contributed by atoms with Crippen LogP contribution in [0.3, 0.4) is 0 Å². The van der Waals surface area contributed by atoms with Gasteiger partial charge in [-0.25, -0.2) is 0 Å². The van der Waals surface area contributed by atoms with E-state index in [1.165, 1.54) is 81.8 Å². The molecule has 4 nitrogen and oxygen atoms in total. The van der Waals surface area contributed by atoms with Gasteiger partial charge in [-0.3, -0.25) is 4.79 Å². The Labute approximate surface area is 238 Å². The van der Waals surface area contributed by atoms with Crippen LogP contribution in [0.15, 0.2) is 18.2 Å². The number of hydrogen-bond acceptors (Lipinski definition) is 3. The average Bonchev–Trinajstić information content (AvgIpc) is 3.22. The SMILES string of the molecule is CCCCCCCC(CCCCCCCCC1Cc2cc(O)ccc2C2CCC3(C)C(O)CCC3C12)C(=O)O. The highest BCUT2D eigenvalue weighted by molar-refractivity contribution is 5.69. The lowest BCUT2D eigenvalue weighted by Crippen LogP contribution is -2.47. The van der Waals surface area contributed by atoms with E-state index in [9.17, 15) is 20.1 Å². The number of aromatic hydroxyl groups is 1. The smallest absolute Gasteiger partial charge is 0.306 e. The summed E-state index contributed by atoms with van der Waals surface area (Å²) in [6.45, 7) is 4.57. The van der Waals surface area contributed by atoms with Crippen LogP contribution in [0, 0.1) is 29.1 Å². The number of carboxylic acids is 1. The van der Waals surface area contributed by atoms with Crippen molar-refractivity contribution in [1.29, 1.82) is 0 Å². The standard InChI is InChI=1S/C35H56O4/c1-3-4-5-8-11-14-25(34(38)39)15-12-9-6-7-10-13-16-26-23-27-24-28(36)17-18-29(27)30-21-22-35(2)31(33(26)30)19-20-32(35)37/h17-18,24-26,30-33,36-37H,3-16,19-23H2,1-2H3,(H,38,39). The second-order valence-electron chi connectivity index (χ2n) is 13.7. The monoisotopic (exact) mass is 540 g/mol. The summed E-state index contributed by atoms with van der Waals surface area (Å²) in [4.78, 5) is 11.6. The van der Waals surface area contributed by atoms with Crippen molar-refractivity contribution < 1.29 is 20.1 Å². The maximum Gasteiger partial charge on any atom is 0.306 e. The van der Waals surface area contributed by atoms with Crippen LogP contribution >= 0.6 is 0 Å². The molecule has 1 aromatic rings. The normalized spacial score (nSPS) is 30.4. The van der Waals surface area contributed by atoms with Crippen molar-refractivity contribution in [3.63, 3.8) is 0 Å². The van der Waals surface area contributed by atoms with Crippen LogP contribution in [-0.2, 0) is 11.2 Å². The number of aliphatic hydroxyl groups is 1. The fourth-order valence-electron chi connectivity index (χ4n) is 8.92. The molecule has 0 bridgehead atoms. The summed E-state index contributed by atoms with van der Waals surface area (Å²) in [6.07, 6.45) is 21.4. The number of hydrogen-bond donors (Lipinski definition) is 3. The fourth-order valence-corrected chi connectivity index (χ4v) is 8.92. The molecule has 0 heterocycles. The molecular formula is C35H56O4. The van der Waals surface area contributed by atoms with Crippen LogP contribution < -0.4 is 0 Å². The predicted octanol–water partition coefficient (Wildman–Crippen LogP) is 9.02. The van der Waals surface area contributed by atoms with Gasteiger partial charge >= 0.3 is 5.97 Å². The summed E-state index contributed by atoms with van der Waals surface area (Å²) in [5.74, 6) is 2.15. The molecule has 0 aliphatic heterocycles. The molecule has 2 saturated carbocycles. The van der Waals surface area contributed by atoms with E-state index in [2.05, 4.69) is 19.9 Å². The quantitative estimate of drug-likeness (QED) is 0.183. The van der Waals surface area contributed by atoms with Gasteiger partial charge in [0, 0.05) is 0 Å². The van der Waals surface area contributed by atoms with Gasteiger partial charge in [0.1, 0.15) is 5.75 Å². The van der Waals surface area contributed by atoms with E-state index >= 15 is 0 Å². The molecule has 0 saturated heterocycles. The topological polar surface area (TPSA) is 77.8 Å². The summed E-state index contributed by atoms with van der Waals surface area (Å²) in [5.41, 5.74) is 2.91. The number of carboxylic acid groups (broad SMARTS) is 1. The minimum Gasteiger partial charge on any atom is -0.508 e. The second-order valence-corrected chi connectivity index (χ2v) is 13.7. The minimum atomic E-state index is -0.597. The first-order valence-electron chi connectivity index (χ1n) is 16.6. The molecule has 0 aromatic heterocycles. The molecule has 7 unspecified atom stereocenters. The number of aliphatic carboxylic acids is 1. The maximum atomic E-state index is 11.6. The van der Waals surface area contributed by atoms with Crippen LogP contribution in [-0.4, -0.2) is 27.4 Å². The molecule has 3 aliphatic carbocycles. The molecule has 7 atom stereocenters. The zero-order valence-corrected chi connectivity index (χ0v) is 24.9. The molecule has 0 amide bonds. The number of benzene rings is 1. The largest absolute Gasteiger partial charge is 0.508 e. The molecule has 39 heavy (non-hydrogen) atoms. The fraction of sp³-hybridized carbons (Fsp3) is 0.800. The van der Waals surface area contributed by atoms with E-state index in [1.807, 2.05) is 12.1 Å². The molecule has 2 fully saturated rings. The third kappa shape index (κ3) is 7.40. The maximum absolute atomic E-state index is 11.6. The molecule has 0 spiro atoms. The van der Waals surface area contributed by atoms with Gasteiger partial charge in [0.25, 0.3) is 0 Å². The summed E-state index contributed by atoms with van der Waals surface area (Å²) in [5, 5.41) is 30.7. The summed E-state index contributed by atoms with van der Waals surface area (Å²) in [7, 11) is 0. The third-order valence-corrected chi connectivity index (χ3v) is 11.2. The Morgan fingerprint density at radius 2 is 1.62 bits per heavy atom. The molecule has 0 radical (unpaired) electrons. The predicted molar refractivity (Wildman–Crippen MR) is 159 cm³/mol. The van der Waals surface area contributed by atoms with Gasteiger partial charge in [-0.05, 0) is 104 Å². The number of phenolic OH excluding ortho intramolecular Hbond substituents is 1. The number of phenols is 1. The van der Waals surface area contributed by atoms with E-state index in [0.29, 0.717) is 29.4 Å². The molecule has 3 aliphatic rings. The van der Waals surface area contributed by atoms with Crippen molar-refractivity contribution in [3.8, 4) is 5.75 Å². The Balaban J connectivity index is 1.21. The van der Waals surface area contributed by atoms with E-state index in [4.69, 9.17) is 0 Å². The summed E-state index contributed by atoms with van der Waals surface area (Å²) < 4.78 is 0. The van der Waals surface area contributed by atoms with Gasteiger partial charge in [-0.15, -0.1) is 0 Å². The van der Waals surface area contributed by atoms with Crippen LogP contribution in [0.4, 0.5) is 0 Å². The second kappa shape index (κ2) is 14.4. The van der Waals surface area contributed by atoms with Crippen molar-refractivity contribution in [3.05, 3.63) is 29.3 Å². The van der Waals surface area contributed by atoms with Gasteiger partial charge in [-0.2, -0.15) is 0 Å². The zero-order valence-electron chi connectivity index (χ0n) is 24.9. The highest BCUT2D eigenvalue weighted by Crippen LogP contribution is 2.62. The molecule has 4 rings (SSSR count). The van der Waals surface area contributed by atoms with Crippen molar-refractivity contribution in [2.75, 3.05) is 0 Å². The molecular weight excluding hydrogens is 484 g/mol. The van der Waals surface area contributed by atoms with Gasteiger partial charge in [0.15, 0.2) is 0 Å². The Hall–Kier alpha value is -1.55. The number of aliphatic hydroxyl groups excluding tert-OH is 1. The van der Waals surface area contributed by atoms with Crippen molar-refractivity contribution in [1.82, 2.24) is 0 Å². The Kier molecular flexibility index (Phi) is 11.2. The Morgan fingerprint density at radius 3 is 2.31 bits per heavy atom. The lowest BCUT2D eigenvalue weighted by Gasteiger charge is -2.53. The number of unbranched alkanes of at least 4 members (excludes halogenated alkanes) is 9. The van der Waals surface area contributed by atoms with E-state index in [-0.39, 0.29) is 17.4 Å². The number of fused-ring (bicyclic) bond motifs is 5. The number of carbonyl (C=O) groups is 1. The third-order valence-electron chi connectivity index (χ3n) is 11.2. The molecule has 220 valence electrons. The van der Waals surface area contributed by atoms with E-state index in [1.54, 1.807) is 0 Å². The van der Waals surface area contributed by atoms with E-state index in [0.717, 1.165) is 51.4 Å². The lowest BCUT2D eigenvalue weighted by atomic mass is 9.52. The first kappa shape index (κ1) is 30.4. The molecule has 4 heteroatoms. The highest BCUT2D eigenvalue weighted by Gasteiger charge is 2.56. The summed E-state index contributed by atoms with van der Waals surface area (Å²) in [6, 6.07) is 6.08. The first-order chi connectivity index (χ1) is 18.8. The van der Waals surface area contributed by atoms with Crippen LogP contribution in [0.25, 0.3) is 0 Å².